The van der Waals surface area contributed by atoms with Gasteiger partial charge in [0.25, 0.3) is 0 Å². The lowest BCUT2D eigenvalue weighted by molar-refractivity contribution is -0.0708. The Hall–Kier alpha value is 0.230. The molecule has 0 radical (unpaired) electrons. The van der Waals surface area contributed by atoms with Crippen molar-refractivity contribution in [3.63, 3.8) is 0 Å². The first-order valence-corrected chi connectivity index (χ1v) is 7.92. The molecule has 0 aromatic rings. The summed E-state index contributed by atoms with van der Waals surface area (Å²) in [6.45, 7) is 6.87. The molecule has 0 aliphatic carbocycles. The van der Waals surface area contributed by atoms with Crippen LogP contribution in [0.25, 0.3) is 0 Å². The molecule has 2 atom stereocenters. The van der Waals surface area contributed by atoms with Crippen molar-refractivity contribution in [3.8, 4) is 0 Å². The second-order valence-corrected chi connectivity index (χ2v) is 6.50. The number of ether oxygens (including phenoxy) is 2. The van der Waals surface area contributed by atoms with E-state index in [0.29, 0.717) is 12.1 Å². The van der Waals surface area contributed by atoms with Gasteiger partial charge in [0, 0.05) is 24.9 Å². The zero-order valence-electron chi connectivity index (χ0n) is 11.0. The third kappa shape index (κ3) is 4.12. The van der Waals surface area contributed by atoms with Gasteiger partial charge in [-0.1, -0.05) is 0 Å². The topological polar surface area (TPSA) is 30.5 Å². The molecule has 0 aromatic carbocycles. The molecule has 2 saturated heterocycles. The van der Waals surface area contributed by atoms with Crippen LogP contribution in [0.15, 0.2) is 0 Å². The summed E-state index contributed by atoms with van der Waals surface area (Å²) >= 11 is 2.04. The van der Waals surface area contributed by atoms with Crippen LogP contribution in [0.5, 0.6) is 0 Å². The van der Waals surface area contributed by atoms with Crippen LogP contribution < -0.4 is 5.32 Å². The average Bonchev–Trinajstić information content (AvgIpc) is 2.73. The largest absolute Gasteiger partial charge is 0.377 e. The number of nitrogens with one attached hydrogen (secondary N) is 1. The lowest BCUT2D eigenvalue weighted by Gasteiger charge is -2.38. The maximum Gasteiger partial charge on any atom is 0.0795 e. The van der Waals surface area contributed by atoms with E-state index in [9.17, 15) is 0 Å². The van der Waals surface area contributed by atoms with Crippen molar-refractivity contribution in [1.82, 2.24) is 5.32 Å². The van der Waals surface area contributed by atoms with Gasteiger partial charge in [0.05, 0.1) is 18.3 Å². The SMILES string of the molecule is CC(C)OCCNC1CCOC2(CCSC2)C1. The summed E-state index contributed by atoms with van der Waals surface area (Å²) in [5.41, 5.74) is 0.194. The second kappa shape index (κ2) is 6.41. The Morgan fingerprint density at radius 1 is 1.53 bits per heavy atom. The van der Waals surface area contributed by atoms with E-state index in [1.54, 1.807) is 0 Å². The summed E-state index contributed by atoms with van der Waals surface area (Å²) in [6.07, 6.45) is 3.90. The third-order valence-corrected chi connectivity index (χ3v) is 4.77. The van der Waals surface area contributed by atoms with Crippen molar-refractivity contribution in [2.75, 3.05) is 31.3 Å². The molecule has 0 amide bonds. The van der Waals surface area contributed by atoms with Gasteiger partial charge in [-0.05, 0) is 38.9 Å². The van der Waals surface area contributed by atoms with E-state index < -0.39 is 0 Å². The standard InChI is InChI=1S/C13H25NO2S/c1-11(2)15-7-5-14-12-3-6-16-13(9-12)4-8-17-10-13/h11-12,14H,3-10H2,1-2H3. The van der Waals surface area contributed by atoms with Crippen molar-refractivity contribution in [1.29, 1.82) is 0 Å². The van der Waals surface area contributed by atoms with Crippen LogP contribution >= 0.6 is 11.8 Å². The average molecular weight is 259 g/mol. The number of hydrogen-bond donors (Lipinski definition) is 1. The van der Waals surface area contributed by atoms with E-state index in [2.05, 4.69) is 19.2 Å². The van der Waals surface area contributed by atoms with Gasteiger partial charge in [0.1, 0.15) is 0 Å². The molecule has 0 saturated carbocycles. The molecule has 1 spiro atoms. The lowest BCUT2D eigenvalue weighted by atomic mass is 9.90. The van der Waals surface area contributed by atoms with Gasteiger partial charge in [-0.2, -0.15) is 11.8 Å². The molecule has 2 rings (SSSR count). The lowest BCUT2D eigenvalue weighted by Crippen LogP contribution is -2.47. The highest BCUT2D eigenvalue weighted by atomic mass is 32.2. The molecule has 3 nitrogen and oxygen atoms in total. The Bertz CT molecular complexity index is 229. The molecule has 0 bridgehead atoms. The minimum Gasteiger partial charge on any atom is -0.377 e. The zero-order valence-corrected chi connectivity index (χ0v) is 11.9. The molecular formula is C13H25NO2S. The normalized spacial score (nSPS) is 33.7. The van der Waals surface area contributed by atoms with E-state index in [0.717, 1.165) is 26.2 Å². The van der Waals surface area contributed by atoms with Crippen molar-refractivity contribution in [2.45, 2.75) is 50.9 Å². The molecular weight excluding hydrogens is 234 g/mol. The minimum atomic E-state index is 0.194. The van der Waals surface area contributed by atoms with Crippen LogP contribution in [0.2, 0.25) is 0 Å². The maximum atomic E-state index is 6.01. The fraction of sp³-hybridized carbons (Fsp3) is 1.00. The smallest absolute Gasteiger partial charge is 0.0795 e. The highest BCUT2D eigenvalue weighted by molar-refractivity contribution is 7.99. The molecule has 0 aromatic heterocycles. The highest BCUT2D eigenvalue weighted by Crippen LogP contribution is 2.38. The summed E-state index contributed by atoms with van der Waals surface area (Å²) in [7, 11) is 0. The van der Waals surface area contributed by atoms with Crippen LogP contribution in [0, 0.1) is 0 Å². The Morgan fingerprint density at radius 3 is 3.12 bits per heavy atom. The van der Waals surface area contributed by atoms with Gasteiger partial charge in [0.2, 0.25) is 0 Å². The molecule has 2 unspecified atom stereocenters. The quantitative estimate of drug-likeness (QED) is 0.766. The van der Waals surface area contributed by atoms with Crippen molar-refractivity contribution in [2.24, 2.45) is 0 Å². The number of rotatable bonds is 5. The van der Waals surface area contributed by atoms with Gasteiger partial charge in [-0.3, -0.25) is 0 Å². The molecule has 2 aliphatic heterocycles. The fourth-order valence-corrected chi connectivity index (χ4v) is 4.00. The van der Waals surface area contributed by atoms with Gasteiger partial charge in [-0.15, -0.1) is 0 Å². The predicted octanol–water partition coefficient (Wildman–Crippen LogP) is 2.06. The summed E-state index contributed by atoms with van der Waals surface area (Å²) in [5, 5.41) is 3.61. The second-order valence-electron chi connectivity index (χ2n) is 5.40. The van der Waals surface area contributed by atoms with Crippen molar-refractivity contribution >= 4 is 11.8 Å². The number of hydrogen-bond acceptors (Lipinski definition) is 4. The van der Waals surface area contributed by atoms with E-state index in [4.69, 9.17) is 9.47 Å². The van der Waals surface area contributed by atoms with Gasteiger partial charge in [-0.25, -0.2) is 0 Å². The van der Waals surface area contributed by atoms with E-state index in [-0.39, 0.29) is 5.60 Å². The van der Waals surface area contributed by atoms with E-state index in [1.165, 1.54) is 24.3 Å². The molecule has 17 heavy (non-hydrogen) atoms. The van der Waals surface area contributed by atoms with Crippen LogP contribution in [-0.4, -0.2) is 49.0 Å². The van der Waals surface area contributed by atoms with Crippen LogP contribution in [0.3, 0.4) is 0 Å². The Kier molecular flexibility index (Phi) is 5.15. The summed E-state index contributed by atoms with van der Waals surface area (Å²) in [6, 6.07) is 0.623. The first kappa shape index (κ1) is 13.7. The molecule has 2 aliphatic rings. The van der Waals surface area contributed by atoms with Crippen LogP contribution in [-0.2, 0) is 9.47 Å². The summed E-state index contributed by atoms with van der Waals surface area (Å²) in [4.78, 5) is 0. The molecule has 2 fully saturated rings. The third-order valence-electron chi connectivity index (χ3n) is 3.55. The van der Waals surface area contributed by atoms with Crippen molar-refractivity contribution < 1.29 is 9.47 Å². The van der Waals surface area contributed by atoms with E-state index >= 15 is 0 Å². The molecule has 4 heteroatoms. The molecule has 100 valence electrons. The predicted molar refractivity (Wildman–Crippen MR) is 72.7 cm³/mol. The van der Waals surface area contributed by atoms with Crippen LogP contribution in [0.1, 0.15) is 33.1 Å². The Labute approximate surface area is 109 Å². The summed E-state index contributed by atoms with van der Waals surface area (Å²) < 4.78 is 11.6. The number of thioether (sulfide) groups is 1. The first-order chi connectivity index (χ1) is 8.20. The fourth-order valence-electron chi connectivity index (χ4n) is 2.62. The first-order valence-electron chi connectivity index (χ1n) is 6.77. The monoisotopic (exact) mass is 259 g/mol. The Balaban J connectivity index is 1.67. The maximum absolute atomic E-state index is 6.01. The van der Waals surface area contributed by atoms with Gasteiger partial charge in [0.15, 0.2) is 0 Å². The highest BCUT2D eigenvalue weighted by Gasteiger charge is 2.40. The van der Waals surface area contributed by atoms with Crippen LogP contribution in [0.4, 0.5) is 0 Å². The Morgan fingerprint density at radius 2 is 2.41 bits per heavy atom. The molecule has 1 N–H and O–H groups in total. The van der Waals surface area contributed by atoms with Gasteiger partial charge >= 0.3 is 0 Å². The van der Waals surface area contributed by atoms with Crippen molar-refractivity contribution in [3.05, 3.63) is 0 Å². The minimum absolute atomic E-state index is 0.194. The van der Waals surface area contributed by atoms with E-state index in [1.807, 2.05) is 11.8 Å². The molecule has 2 heterocycles. The van der Waals surface area contributed by atoms with Gasteiger partial charge < -0.3 is 14.8 Å². The summed E-state index contributed by atoms with van der Waals surface area (Å²) in [5.74, 6) is 2.46. The zero-order chi connectivity index (χ0) is 12.1.